The zero-order valence-electron chi connectivity index (χ0n) is 16.4. The molecule has 0 aliphatic rings. The van der Waals surface area contributed by atoms with Gasteiger partial charge in [-0.05, 0) is 19.1 Å². The molecule has 29 heavy (non-hydrogen) atoms. The first kappa shape index (κ1) is 19.5. The third-order valence-corrected chi connectivity index (χ3v) is 4.14. The maximum Gasteiger partial charge on any atom is 0.197 e. The number of hydrogen-bond acceptors (Lipinski definition) is 9. The molecule has 0 atom stereocenters. The molecule has 144 valence electrons. The van der Waals surface area contributed by atoms with Gasteiger partial charge in [-0.1, -0.05) is 6.07 Å². The molecule has 0 saturated heterocycles. The molecule has 3 heterocycles. The molecule has 0 fully saturated rings. The topological polar surface area (TPSA) is 131 Å². The largest absolute Gasteiger partial charge is 0.371 e. The predicted octanol–water partition coefficient (Wildman–Crippen LogP) is 3.24. The Morgan fingerprint density at radius 3 is 2.55 bits per heavy atom. The molecule has 0 radical (unpaired) electrons. The van der Waals surface area contributed by atoms with Gasteiger partial charge in [-0.2, -0.15) is 20.3 Å². The smallest absolute Gasteiger partial charge is 0.197 e. The van der Waals surface area contributed by atoms with Crippen LogP contribution in [-0.4, -0.2) is 40.9 Å². The van der Waals surface area contributed by atoms with Gasteiger partial charge >= 0.3 is 0 Å². The lowest BCUT2D eigenvalue weighted by Gasteiger charge is -2.17. The van der Waals surface area contributed by atoms with E-state index >= 15 is 0 Å². The minimum Gasteiger partial charge on any atom is -0.371 e. The van der Waals surface area contributed by atoms with Crippen LogP contribution in [0.5, 0.6) is 0 Å². The van der Waals surface area contributed by atoms with Crippen molar-refractivity contribution in [1.82, 2.24) is 19.7 Å². The third kappa shape index (κ3) is 3.59. The van der Waals surface area contributed by atoms with Crippen LogP contribution in [0, 0.1) is 29.6 Å². The molecule has 0 aliphatic heterocycles. The van der Waals surface area contributed by atoms with Gasteiger partial charge in [0.2, 0.25) is 0 Å². The van der Waals surface area contributed by atoms with Crippen molar-refractivity contribution in [2.24, 2.45) is 10.2 Å². The van der Waals surface area contributed by atoms with Gasteiger partial charge in [0.05, 0.1) is 11.8 Å². The first-order valence-electron chi connectivity index (χ1n) is 8.62. The summed E-state index contributed by atoms with van der Waals surface area (Å²) in [5.41, 5.74) is 1.69. The molecule has 3 aromatic heterocycles. The van der Waals surface area contributed by atoms with Gasteiger partial charge in [0.25, 0.3) is 0 Å². The highest BCUT2D eigenvalue weighted by molar-refractivity contribution is 5.74. The molecule has 1 N–H and O–H groups in total. The Balaban J connectivity index is 2.16. The van der Waals surface area contributed by atoms with Crippen molar-refractivity contribution in [2.45, 2.75) is 6.92 Å². The van der Waals surface area contributed by atoms with Crippen molar-refractivity contribution in [2.75, 3.05) is 31.4 Å². The molecule has 10 nitrogen and oxygen atoms in total. The minimum absolute atomic E-state index is 0.239. The Kier molecular flexibility index (Phi) is 5.47. The van der Waals surface area contributed by atoms with E-state index in [1.165, 1.54) is 10.9 Å². The molecule has 3 rings (SSSR count). The van der Waals surface area contributed by atoms with E-state index in [4.69, 9.17) is 0 Å². The maximum absolute atomic E-state index is 9.59. The normalized spacial score (nSPS) is 10.6. The lowest BCUT2D eigenvalue weighted by Crippen LogP contribution is -2.14. The summed E-state index contributed by atoms with van der Waals surface area (Å²) in [7, 11) is 5.34. The van der Waals surface area contributed by atoms with E-state index in [9.17, 15) is 10.5 Å². The summed E-state index contributed by atoms with van der Waals surface area (Å²) in [6.45, 7) is 1.78. The summed E-state index contributed by atoms with van der Waals surface area (Å²) < 4.78 is 1.43. The number of nitrogens with one attached hydrogen (secondary N) is 1. The Labute approximate surface area is 167 Å². The molecule has 0 saturated carbocycles. The molecule has 0 bridgehead atoms. The van der Waals surface area contributed by atoms with E-state index in [1.807, 2.05) is 20.2 Å². The van der Waals surface area contributed by atoms with Crippen LogP contribution in [0.2, 0.25) is 0 Å². The summed E-state index contributed by atoms with van der Waals surface area (Å²) >= 11 is 0. The zero-order valence-corrected chi connectivity index (χ0v) is 16.4. The van der Waals surface area contributed by atoms with Crippen molar-refractivity contribution in [3.05, 3.63) is 47.3 Å². The molecule has 0 spiro atoms. The second-order valence-corrected chi connectivity index (χ2v) is 6.18. The fourth-order valence-corrected chi connectivity index (χ4v) is 2.69. The maximum atomic E-state index is 9.59. The average Bonchev–Trinajstić information content (AvgIpc) is 3.15. The Morgan fingerprint density at radius 1 is 1.17 bits per heavy atom. The summed E-state index contributed by atoms with van der Waals surface area (Å²) in [4.78, 5) is 10.5. The van der Waals surface area contributed by atoms with E-state index < -0.39 is 0 Å². The second-order valence-electron chi connectivity index (χ2n) is 6.18. The molecule has 0 amide bonds. The van der Waals surface area contributed by atoms with Crippen molar-refractivity contribution < 1.29 is 0 Å². The minimum atomic E-state index is 0.239. The molecule has 10 heteroatoms. The molecule has 0 aliphatic carbocycles. The first-order valence-corrected chi connectivity index (χ1v) is 8.62. The van der Waals surface area contributed by atoms with E-state index in [1.54, 1.807) is 37.2 Å². The summed E-state index contributed by atoms with van der Waals surface area (Å²) in [5, 5.41) is 34.8. The van der Waals surface area contributed by atoms with Crippen LogP contribution in [0.3, 0.4) is 0 Å². The predicted molar refractivity (Wildman–Crippen MR) is 108 cm³/mol. The fraction of sp³-hybridized carbons (Fsp3) is 0.211. The summed E-state index contributed by atoms with van der Waals surface area (Å²) in [6.07, 6.45) is 3.03. The van der Waals surface area contributed by atoms with E-state index in [0.29, 0.717) is 34.3 Å². The van der Waals surface area contributed by atoms with Crippen molar-refractivity contribution in [3.8, 4) is 18.0 Å². The van der Waals surface area contributed by atoms with Gasteiger partial charge < -0.3 is 10.2 Å². The number of nitriles is 2. The van der Waals surface area contributed by atoms with Crippen LogP contribution in [0.4, 0.5) is 23.1 Å². The summed E-state index contributed by atoms with van der Waals surface area (Å²) in [6, 6.07) is 9.57. The lowest BCUT2D eigenvalue weighted by atomic mass is 10.1. The number of pyridine rings is 2. The fourth-order valence-electron chi connectivity index (χ4n) is 2.69. The highest BCUT2D eigenvalue weighted by Gasteiger charge is 2.19. The SMILES string of the molecule is CNc1nc(N(C)C)c(C#N)c(C)c1N=Nc1c(C#N)cnn1-c1ccccn1. The number of rotatable bonds is 5. The lowest BCUT2D eigenvalue weighted by molar-refractivity contribution is 0.839. The molecular formula is C19H18N10. The van der Waals surface area contributed by atoms with E-state index in [2.05, 4.69) is 42.8 Å². The van der Waals surface area contributed by atoms with Gasteiger partial charge in [-0.15, -0.1) is 10.2 Å². The van der Waals surface area contributed by atoms with Crippen molar-refractivity contribution in [3.63, 3.8) is 0 Å². The average molecular weight is 386 g/mol. The highest BCUT2D eigenvalue weighted by atomic mass is 15.4. The summed E-state index contributed by atoms with van der Waals surface area (Å²) in [5.74, 6) is 1.75. The van der Waals surface area contributed by atoms with Crippen LogP contribution in [0.1, 0.15) is 16.7 Å². The quantitative estimate of drug-likeness (QED) is 0.666. The second kappa shape index (κ2) is 8.15. The Hall–Kier alpha value is -4.31. The van der Waals surface area contributed by atoms with Crippen molar-refractivity contribution >= 4 is 23.1 Å². The molecule has 0 aromatic carbocycles. The van der Waals surface area contributed by atoms with Crippen LogP contribution < -0.4 is 10.2 Å². The molecular weight excluding hydrogens is 368 g/mol. The van der Waals surface area contributed by atoms with Gasteiger partial charge in [0.15, 0.2) is 17.5 Å². The monoisotopic (exact) mass is 386 g/mol. The number of anilines is 2. The first-order chi connectivity index (χ1) is 14.0. The van der Waals surface area contributed by atoms with E-state index in [0.717, 1.165) is 0 Å². The Morgan fingerprint density at radius 2 is 1.97 bits per heavy atom. The van der Waals surface area contributed by atoms with Gasteiger partial charge in [0, 0.05) is 32.9 Å². The standard InChI is InChI=1S/C19H18N10/c1-12-14(10-21)19(28(3)4)25-17(22-2)16(12)26-27-18-13(9-20)11-24-29(18)15-7-5-6-8-23-15/h5-8,11H,1-4H3,(H,22,25). The number of nitrogens with zero attached hydrogens (tertiary/aromatic N) is 9. The van der Waals surface area contributed by atoms with Crippen LogP contribution >= 0.6 is 0 Å². The number of azo groups is 1. The molecule has 3 aromatic rings. The number of aromatic nitrogens is 4. The van der Waals surface area contributed by atoms with Crippen LogP contribution in [-0.2, 0) is 0 Å². The zero-order chi connectivity index (χ0) is 21.0. The number of hydrogen-bond donors (Lipinski definition) is 1. The van der Waals surface area contributed by atoms with Crippen molar-refractivity contribution in [1.29, 1.82) is 10.5 Å². The van der Waals surface area contributed by atoms with E-state index in [-0.39, 0.29) is 11.4 Å². The van der Waals surface area contributed by atoms with Crippen LogP contribution in [0.15, 0.2) is 40.8 Å². The Bertz CT molecular complexity index is 1150. The highest BCUT2D eigenvalue weighted by Crippen LogP contribution is 2.35. The van der Waals surface area contributed by atoms with Crippen LogP contribution in [0.25, 0.3) is 5.82 Å². The van der Waals surface area contributed by atoms with Gasteiger partial charge in [-0.25, -0.2) is 9.97 Å². The molecule has 0 unspecified atom stereocenters. The third-order valence-electron chi connectivity index (χ3n) is 4.14. The van der Waals surface area contributed by atoms with Gasteiger partial charge in [-0.3, -0.25) is 0 Å². The van der Waals surface area contributed by atoms with Gasteiger partial charge in [0.1, 0.15) is 29.2 Å².